The van der Waals surface area contributed by atoms with Gasteiger partial charge in [0.1, 0.15) is 5.75 Å². The van der Waals surface area contributed by atoms with Gasteiger partial charge >= 0.3 is 0 Å². The summed E-state index contributed by atoms with van der Waals surface area (Å²) in [7, 11) is -1.19. The van der Waals surface area contributed by atoms with Gasteiger partial charge in [0.05, 0.1) is 18.1 Å². The van der Waals surface area contributed by atoms with Crippen LogP contribution in [0.5, 0.6) is 5.75 Å². The molecule has 0 saturated carbocycles. The van der Waals surface area contributed by atoms with Crippen molar-refractivity contribution in [2.75, 3.05) is 31.7 Å². The molecular formula is C18H29N3O3S. The Morgan fingerprint density at radius 2 is 2.04 bits per heavy atom. The van der Waals surface area contributed by atoms with Gasteiger partial charge in [0, 0.05) is 19.6 Å². The summed E-state index contributed by atoms with van der Waals surface area (Å²) in [6.45, 7) is 5.70. The van der Waals surface area contributed by atoms with Crippen LogP contribution in [-0.4, -0.2) is 52.1 Å². The van der Waals surface area contributed by atoms with Crippen LogP contribution in [0.15, 0.2) is 29.3 Å². The zero-order valence-electron chi connectivity index (χ0n) is 15.3. The molecule has 0 aliphatic carbocycles. The molecule has 0 amide bonds. The minimum Gasteiger partial charge on any atom is -0.493 e. The quantitative estimate of drug-likeness (QED) is 0.565. The number of hydrogen-bond donors (Lipinski definition) is 2. The van der Waals surface area contributed by atoms with Gasteiger partial charge in [-0.25, -0.2) is 8.42 Å². The van der Waals surface area contributed by atoms with Gasteiger partial charge in [-0.2, -0.15) is 0 Å². The average molecular weight is 368 g/mol. The standard InChI is InChI=1S/C18H29N3O3S/c1-14(2)12-24-17-6-4-15(5-7-17)8-10-20-18(19-3)21-16-9-11-25(22,23)13-16/h4-7,14,16H,8-13H2,1-3H3,(H2,19,20,21). The molecule has 0 aromatic heterocycles. The number of nitrogens with zero attached hydrogens (tertiary/aromatic N) is 1. The fraction of sp³-hybridized carbons (Fsp3) is 0.611. The summed E-state index contributed by atoms with van der Waals surface area (Å²) in [6, 6.07) is 8.07. The van der Waals surface area contributed by atoms with Gasteiger partial charge in [0.2, 0.25) is 0 Å². The molecule has 2 N–H and O–H groups in total. The zero-order valence-corrected chi connectivity index (χ0v) is 16.1. The van der Waals surface area contributed by atoms with Gasteiger partial charge in [0.15, 0.2) is 15.8 Å². The van der Waals surface area contributed by atoms with E-state index in [2.05, 4.69) is 41.6 Å². The largest absolute Gasteiger partial charge is 0.493 e. The summed E-state index contributed by atoms with van der Waals surface area (Å²) < 4.78 is 28.7. The lowest BCUT2D eigenvalue weighted by molar-refractivity contribution is 0.271. The minimum atomic E-state index is -2.88. The van der Waals surface area contributed by atoms with Crippen LogP contribution in [0, 0.1) is 5.92 Å². The summed E-state index contributed by atoms with van der Waals surface area (Å²) in [6.07, 6.45) is 1.50. The number of guanidine groups is 1. The van der Waals surface area contributed by atoms with E-state index in [1.807, 2.05) is 12.1 Å². The van der Waals surface area contributed by atoms with Crippen molar-refractivity contribution in [2.45, 2.75) is 32.7 Å². The molecule has 0 radical (unpaired) electrons. The van der Waals surface area contributed by atoms with Crippen molar-refractivity contribution >= 4 is 15.8 Å². The van der Waals surface area contributed by atoms with Gasteiger partial charge < -0.3 is 15.4 Å². The van der Waals surface area contributed by atoms with Crippen molar-refractivity contribution in [3.63, 3.8) is 0 Å². The summed E-state index contributed by atoms with van der Waals surface area (Å²) >= 11 is 0. The van der Waals surface area contributed by atoms with Crippen molar-refractivity contribution in [2.24, 2.45) is 10.9 Å². The maximum atomic E-state index is 11.5. The second kappa shape index (κ2) is 9.08. The lowest BCUT2D eigenvalue weighted by Crippen LogP contribution is -2.44. The lowest BCUT2D eigenvalue weighted by atomic mass is 10.1. The van der Waals surface area contributed by atoms with Crippen LogP contribution in [0.25, 0.3) is 0 Å². The van der Waals surface area contributed by atoms with E-state index in [1.165, 1.54) is 5.56 Å². The van der Waals surface area contributed by atoms with Gasteiger partial charge in [-0.05, 0) is 36.5 Å². The highest BCUT2D eigenvalue weighted by atomic mass is 32.2. The Hall–Kier alpha value is -1.76. The van der Waals surface area contributed by atoms with Gasteiger partial charge in [0.25, 0.3) is 0 Å². The van der Waals surface area contributed by atoms with Crippen molar-refractivity contribution in [1.82, 2.24) is 10.6 Å². The molecule has 1 aromatic carbocycles. The topological polar surface area (TPSA) is 79.8 Å². The molecule has 2 rings (SSSR count). The molecule has 140 valence electrons. The number of hydrogen-bond acceptors (Lipinski definition) is 4. The summed E-state index contributed by atoms with van der Waals surface area (Å²) in [5, 5.41) is 6.42. The van der Waals surface area contributed by atoms with Crippen molar-refractivity contribution in [3.8, 4) is 5.75 Å². The Morgan fingerprint density at radius 3 is 2.60 bits per heavy atom. The maximum absolute atomic E-state index is 11.5. The Morgan fingerprint density at radius 1 is 1.32 bits per heavy atom. The molecule has 6 nitrogen and oxygen atoms in total. The zero-order chi connectivity index (χ0) is 18.3. The Balaban J connectivity index is 1.73. The molecule has 0 spiro atoms. The summed E-state index contributed by atoms with van der Waals surface area (Å²) in [5.41, 5.74) is 1.21. The first-order valence-electron chi connectivity index (χ1n) is 8.77. The third-order valence-electron chi connectivity index (χ3n) is 4.01. The molecule has 1 unspecified atom stereocenters. The van der Waals surface area contributed by atoms with Crippen LogP contribution in [-0.2, 0) is 16.3 Å². The van der Waals surface area contributed by atoms with E-state index in [-0.39, 0.29) is 17.5 Å². The number of nitrogens with one attached hydrogen (secondary N) is 2. The SMILES string of the molecule is CN=C(NCCc1ccc(OCC(C)C)cc1)NC1CCS(=O)(=O)C1. The Bertz CT molecular complexity index is 669. The predicted octanol–water partition coefficient (Wildman–Crippen LogP) is 1.62. The monoisotopic (exact) mass is 367 g/mol. The van der Waals surface area contributed by atoms with E-state index in [0.717, 1.165) is 25.3 Å². The van der Waals surface area contributed by atoms with Crippen LogP contribution in [0.2, 0.25) is 0 Å². The smallest absolute Gasteiger partial charge is 0.191 e. The van der Waals surface area contributed by atoms with E-state index in [9.17, 15) is 8.42 Å². The third kappa shape index (κ3) is 6.94. The first kappa shape index (κ1) is 19.6. The highest BCUT2D eigenvalue weighted by Gasteiger charge is 2.28. The molecule has 1 aliphatic heterocycles. The fourth-order valence-corrected chi connectivity index (χ4v) is 4.31. The third-order valence-corrected chi connectivity index (χ3v) is 5.78. The molecule has 25 heavy (non-hydrogen) atoms. The first-order valence-corrected chi connectivity index (χ1v) is 10.6. The molecule has 1 aromatic rings. The van der Waals surface area contributed by atoms with Gasteiger partial charge in [-0.1, -0.05) is 26.0 Å². The highest BCUT2D eigenvalue weighted by molar-refractivity contribution is 7.91. The molecular weight excluding hydrogens is 338 g/mol. The first-order chi connectivity index (χ1) is 11.9. The molecule has 0 bridgehead atoms. The second-order valence-corrected chi connectivity index (χ2v) is 9.07. The molecule has 1 aliphatic rings. The Labute approximate surface area is 151 Å². The van der Waals surface area contributed by atoms with E-state index in [0.29, 0.717) is 18.3 Å². The van der Waals surface area contributed by atoms with Crippen LogP contribution in [0.1, 0.15) is 25.8 Å². The number of sulfone groups is 1. The molecule has 1 atom stereocenters. The van der Waals surface area contributed by atoms with E-state index in [4.69, 9.17) is 4.74 Å². The number of aliphatic imine (C=N–C) groups is 1. The number of ether oxygens (including phenoxy) is 1. The minimum absolute atomic E-state index is 0.0476. The maximum Gasteiger partial charge on any atom is 0.191 e. The van der Waals surface area contributed by atoms with Crippen LogP contribution in [0.3, 0.4) is 0 Å². The number of rotatable bonds is 7. The van der Waals surface area contributed by atoms with Crippen molar-refractivity contribution in [1.29, 1.82) is 0 Å². The lowest BCUT2D eigenvalue weighted by Gasteiger charge is -2.16. The van der Waals surface area contributed by atoms with Crippen LogP contribution < -0.4 is 15.4 Å². The molecule has 1 saturated heterocycles. The second-order valence-electron chi connectivity index (χ2n) is 6.84. The van der Waals surface area contributed by atoms with E-state index < -0.39 is 9.84 Å². The normalized spacial score (nSPS) is 19.8. The fourth-order valence-electron chi connectivity index (χ4n) is 2.64. The van der Waals surface area contributed by atoms with Crippen molar-refractivity contribution < 1.29 is 13.2 Å². The molecule has 1 heterocycles. The van der Waals surface area contributed by atoms with E-state index in [1.54, 1.807) is 7.05 Å². The summed E-state index contributed by atoms with van der Waals surface area (Å²) in [4.78, 5) is 4.17. The van der Waals surface area contributed by atoms with Crippen molar-refractivity contribution in [3.05, 3.63) is 29.8 Å². The summed E-state index contributed by atoms with van der Waals surface area (Å²) in [5.74, 6) is 2.50. The predicted molar refractivity (Wildman–Crippen MR) is 102 cm³/mol. The van der Waals surface area contributed by atoms with Crippen LogP contribution in [0.4, 0.5) is 0 Å². The number of benzene rings is 1. The van der Waals surface area contributed by atoms with Gasteiger partial charge in [-0.15, -0.1) is 0 Å². The highest BCUT2D eigenvalue weighted by Crippen LogP contribution is 2.13. The van der Waals surface area contributed by atoms with Crippen LogP contribution >= 0.6 is 0 Å². The Kier molecular flexibility index (Phi) is 7.11. The average Bonchev–Trinajstić information content (AvgIpc) is 2.91. The van der Waals surface area contributed by atoms with Gasteiger partial charge in [-0.3, -0.25) is 4.99 Å². The molecule has 1 fully saturated rings. The molecule has 7 heteroatoms. The van der Waals surface area contributed by atoms with E-state index >= 15 is 0 Å².